The summed E-state index contributed by atoms with van der Waals surface area (Å²) in [5.74, 6) is 0.493. The lowest BCUT2D eigenvalue weighted by molar-refractivity contribution is -0.00546. The molecule has 0 aromatic carbocycles. The minimum Gasteiger partial charge on any atom is -0.388 e. The van der Waals surface area contributed by atoms with Crippen LogP contribution in [0.4, 0.5) is 0 Å². The summed E-state index contributed by atoms with van der Waals surface area (Å²) >= 11 is 5.93. The molecule has 2 N–H and O–H groups in total. The van der Waals surface area contributed by atoms with E-state index in [1.165, 1.54) is 0 Å². The molecule has 112 valence electrons. The molecule has 1 saturated carbocycles. The van der Waals surface area contributed by atoms with Gasteiger partial charge in [0.05, 0.1) is 10.6 Å². The van der Waals surface area contributed by atoms with Gasteiger partial charge < -0.3 is 15.0 Å². The molecule has 5 heteroatoms. The first-order valence-electron chi connectivity index (χ1n) is 7.30. The van der Waals surface area contributed by atoms with Crippen LogP contribution in [0.3, 0.4) is 0 Å². The summed E-state index contributed by atoms with van der Waals surface area (Å²) in [6.45, 7) is 5.17. The fraction of sp³-hybridized carbons (Fsp3) is 0.667. The average Bonchev–Trinajstić information content (AvgIpc) is 2.81. The number of aromatic nitrogens is 1. The van der Waals surface area contributed by atoms with Crippen molar-refractivity contribution >= 4 is 17.5 Å². The van der Waals surface area contributed by atoms with E-state index in [1.54, 1.807) is 12.3 Å². The van der Waals surface area contributed by atoms with Crippen LogP contribution in [0.5, 0.6) is 0 Å². The van der Waals surface area contributed by atoms with Gasteiger partial charge in [-0.1, -0.05) is 18.5 Å². The van der Waals surface area contributed by atoms with E-state index in [9.17, 15) is 9.90 Å². The molecule has 2 rings (SSSR count). The monoisotopic (exact) mass is 298 g/mol. The highest BCUT2D eigenvalue weighted by Gasteiger charge is 2.32. The van der Waals surface area contributed by atoms with E-state index in [2.05, 4.69) is 12.2 Å². The van der Waals surface area contributed by atoms with Gasteiger partial charge in [0.15, 0.2) is 0 Å². The molecule has 1 aliphatic rings. The molecular formula is C15H23ClN2O2. The van der Waals surface area contributed by atoms with Crippen molar-refractivity contribution in [2.24, 2.45) is 5.92 Å². The van der Waals surface area contributed by atoms with E-state index in [-0.39, 0.29) is 5.91 Å². The summed E-state index contributed by atoms with van der Waals surface area (Å²) in [5, 5.41) is 13.9. The highest BCUT2D eigenvalue weighted by Crippen LogP contribution is 2.31. The van der Waals surface area contributed by atoms with Crippen LogP contribution in [-0.2, 0) is 6.54 Å². The van der Waals surface area contributed by atoms with Crippen LogP contribution in [0.2, 0.25) is 5.02 Å². The minimum atomic E-state index is -0.754. The van der Waals surface area contributed by atoms with Gasteiger partial charge in [0.2, 0.25) is 0 Å². The number of rotatable bonds is 4. The van der Waals surface area contributed by atoms with E-state index < -0.39 is 5.60 Å². The fourth-order valence-corrected chi connectivity index (χ4v) is 2.96. The summed E-state index contributed by atoms with van der Waals surface area (Å²) in [6.07, 6.45) is 5.29. The van der Waals surface area contributed by atoms with Crippen molar-refractivity contribution in [3.63, 3.8) is 0 Å². The number of amides is 1. The Morgan fingerprint density at radius 3 is 2.80 bits per heavy atom. The summed E-state index contributed by atoms with van der Waals surface area (Å²) in [5.41, 5.74) is -0.208. The van der Waals surface area contributed by atoms with Crippen molar-refractivity contribution in [3.05, 3.63) is 23.0 Å². The zero-order valence-corrected chi connectivity index (χ0v) is 12.9. The zero-order valence-electron chi connectivity index (χ0n) is 12.2. The number of hydrogen-bond donors (Lipinski definition) is 2. The minimum absolute atomic E-state index is 0.175. The van der Waals surface area contributed by atoms with Gasteiger partial charge in [-0.15, -0.1) is 0 Å². The predicted molar refractivity (Wildman–Crippen MR) is 80.0 cm³/mol. The molecule has 0 saturated heterocycles. The van der Waals surface area contributed by atoms with Crippen molar-refractivity contribution in [3.8, 4) is 0 Å². The molecule has 1 fully saturated rings. The first-order valence-corrected chi connectivity index (χ1v) is 7.67. The second kappa shape index (κ2) is 6.19. The third-order valence-electron chi connectivity index (χ3n) is 4.22. The Balaban J connectivity index is 1.95. The molecule has 0 spiro atoms. The van der Waals surface area contributed by atoms with E-state index >= 15 is 0 Å². The first kappa shape index (κ1) is 15.4. The Morgan fingerprint density at radius 1 is 1.55 bits per heavy atom. The van der Waals surface area contributed by atoms with E-state index in [0.29, 0.717) is 29.7 Å². The number of carbonyl (C=O) groups excluding carboxylic acids is 1. The van der Waals surface area contributed by atoms with Gasteiger partial charge in [-0.3, -0.25) is 4.79 Å². The Hall–Kier alpha value is -1.00. The highest BCUT2D eigenvalue weighted by molar-refractivity contribution is 6.31. The normalized spacial score (nSPS) is 26.5. The van der Waals surface area contributed by atoms with Crippen molar-refractivity contribution in [2.45, 2.75) is 51.7 Å². The molecule has 0 atom stereocenters. The molecule has 0 aliphatic heterocycles. The molecule has 0 radical (unpaired) electrons. The van der Waals surface area contributed by atoms with Crippen molar-refractivity contribution in [1.29, 1.82) is 0 Å². The van der Waals surface area contributed by atoms with Crippen LogP contribution < -0.4 is 5.32 Å². The number of aryl methyl sites for hydroxylation is 1. The topological polar surface area (TPSA) is 54.3 Å². The second-order valence-electron chi connectivity index (χ2n) is 5.92. The van der Waals surface area contributed by atoms with Crippen molar-refractivity contribution < 1.29 is 9.90 Å². The SMILES string of the molecule is CCn1cc(Cl)cc1C(=O)NCC1(O)CCC(C)CC1. The van der Waals surface area contributed by atoms with E-state index in [1.807, 2.05) is 11.5 Å². The van der Waals surface area contributed by atoms with Gasteiger partial charge in [-0.2, -0.15) is 0 Å². The van der Waals surface area contributed by atoms with Crippen molar-refractivity contribution in [2.75, 3.05) is 6.54 Å². The summed E-state index contributed by atoms with van der Waals surface area (Å²) in [4.78, 5) is 12.2. The molecule has 1 aromatic heterocycles. The Kier molecular flexibility index (Phi) is 4.76. The molecule has 1 amide bonds. The van der Waals surface area contributed by atoms with Gasteiger partial charge in [-0.25, -0.2) is 0 Å². The summed E-state index contributed by atoms with van der Waals surface area (Å²) in [6, 6.07) is 1.66. The smallest absolute Gasteiger partial charge is 0.268 e. The molecule has 1 aliphatic carbocycles. The molecule has 1 heterocycles. The summed E-state index contributed by atoms with van der Waals surface area (Å²) < 4.78 is 1.81. The van der Waals surface area contributed by atoms with Crippen LogP contribution in [0.15, 0.2) is 12.3 Å². The van der Waals surface area contributed by atoms with Crippen LogP contribution in [0.25, 0.3) is 0 Å². The van der Waals surface area contributed by atoms with Crippen LogP contribution in [0.1, 0.15) is 50.0 Å². The fourth-order valence-electron chi connectivity index (χ4n) is 2.74. The van der Waals surface area contributed by atoms with Gasteiger partial charge in [0, 0.05) is 19.3 Å². The van der Waals surface area contributed by atoms with Crippen LogP contribution in [-0.4, -0.2) is 27.7 Å². The maximum Gasteiger partial charge on any atom is 0.268 e. The maximum absolute atomic E-state index is 12.2. The molecule has 20 heavy (non-hydrogen) atoms. The number of carbonyl (C=O) groups is 1. The number of nitrogens with zero attached hydrogens (tertiary/aromatic N) is 1. The first-order chi connectivity index (χ1) is 9.43. The molecule has 1 aromatic rings. The van der Waals surface area contributed by atoms with Crippen LogP contribution in [0, 0.1) is 5.92 Å². The Bertz CT molecular complexity index is 476. The van der Waals surface area contributed by atoms with Gasteiger partial charge in [0.1, 0.15) is 5.69 Å². The third kappa shape index (κ3) is 3.55. The largest absolute Gasteiger partial charge is 0.388 e. The van der Waals surface area contributed by atoms with E-state index in [0.717, 1.165) is 25.7 Å². The molecular weight excluding hydrogens is 276 g/mol. The summed E-state index contributed by atoms with van der Waals surface area (Å²) in [7, 11) is 0. The Labute approximate surface area is 125 Å². The average molecular weight is 299 g/mol. The highest BCUT2D eigenvalue weighted by atomic mass is 35.5. The van der Waals surface area contributed by atoms with Crippen LogP contribution >= 0.6 is 11.6 Å². The van der Waals surface area contributed by atoms with Gasteiger partial charge in [-0.05, 0) is 44.6 Å². The number of aliphatic hydroxyl groups is 1. The number of hydrogen-bond acceptors (Lipinski definition) is 2. The van der Waals surface area contributed by atoms with E-state index in [4.69, 9.17) is 11.6 Å². The quantitative estimate of drug-likeness (QED) is 0.898. The lowest BCUT2D eigenvalue weighted by Gasteiger charge is -2.34. The Morgan fingerprint density at radius 2 is 2.20 bits per heavy atom. The standard InChI is InChI=1S/C15H23ClN2O2/c1-3-18-9-12(16)8-13(18)14(19)17-10-15(20)6-4-11(2)5-7-15/h8-9,11,20H,3-7,10H2,1-2H3,(H,17,19). The third-order valence-corrected chi connectivity index (χ3v) is 4.43. The molecule has 4 nitrogen and oxygen atoms in total. The lowest BCUT2D eigenvalue weighted by atomic mass is 9.79. The lowest BCUT2D eigenvalue weighted by Crippen LogP contribution is -2.45. The van der Waals surface area contributed by atoms with Crippen molar-refractivity contribution in [1.82, 2.24) is 9.88 Å². The van der Waals surface area contributed by atoms with Gasteiger partial charge in [0.25, 0.3) is 5.91 Å². The molecule has 0 bridgehead atoms. The second-order valence-corrected chi connectivity index (χ2v) is 6.36. The maximum atomic E-state index is 12.2. The number of nitrogens with one attached hydrogen (secondary N) is 1. The number of halogens is 1. The van der Waals surface area contributed by atoms with Gasteiger partial charge >= 0.3 is 0 Å². The predicted octanol–water partition coefficient (Wildman–Crippen LogP) is 2.83. The zero-order chi connectivity index (χ0) is 14.8. The molecule has 0 unspecified atom stereocenters.